The lowest BCUT2D eigenvalue weighted by Crippen LogP contribution is -2.32. The maximum atomic E-state index is 6.71. The molecule has 1 aromatic heterocycles. The Balaban J connectivity index is 1.00. The van der Waals surface area contributed by atoms with Crippen molar-refractivity contribution >= 4 is 60.5 Å². The number of benzene rings is 10. The minimum absolute atomic E-state index is 0.518. The molecule has 0 bridgehead atoms. The highest BCUT2D eigenvalue weighted by atomic mass is 16.5. The summed E-state index contributed by atoms with van der Waals surface area (Å²) < 4.78 is 13.3. The molecule has 280 valence electrons. The van der Waals surface area contributed by atoms with E-state index in [0.29, 0.717) is 0 Å². The molecule has 3 nitrogen and oxygen atoms in total. The standard InChI is InChI=1S/C57H35NO2/c1-3-16-41-37(13-1)15-11-22-50(41)58(51-23-12-26-54-55(51)45-34-29-38-14-2-4-17-42(38)56(45)60-54)40-31-27-36(28-32-40)39-30-33-44-43-18-5-6-19-46(43)57(49(44)35-39)47-20-7-9-24-52(47)59-53-25-10-8-21-48(53)57/h1-35H. The first kappa shape index (κ1) is 33.1. The molecule has 3 heteroatoms. The highest BCUT2D eigenvalue weighted by Crippen LogP contribution is 2.62. The second-order valence-corrected chi connectivity index (χ2v) is 15.9. The maximum Gasteiger partial charge on any atom is 0.143 e. The van der Waals surface area contributed by atoms with Crippen molar-refractivity contribution in [2.75, 3.05) is 4.90 Å². The quantitative estimate of drug-likeness (QED) is 0.178. The minimum atomic E-state index is -0.518. The van der Waals surface area contributed by atoms with Crippen LogP contribution in [-0.2, 0) is 5.41 Å². The molecular weight excluding hydrogens is 731 g/mol. The molecule has 0 radical (unpaired) electrons. The molecule has 10 aromatic carbocycles. The Kier molecular flexibility index (Phi) is 6.93. The van der Waals surface area contributed by atoms with Gasteiger partial charge in [0.05, 0.1) is 22.2 Å². The van der Waals surface area contributed by atoms with Crippen molar-refractivity contribution in [3.05, 3.63) is 235 Å². The summed E-state index contributed by atoms with van der Waals surface area (Å²) in [7, 11) is 0. The molecule has 0 fully saturated rings. The average Bonchev–Trinajstić information content (AvgIpc) is 3.84. The van der Waals surface area contributed by atoms with Crippen LogP contribution in [0.15, 0.2) is 217 Å². The zero-order valence-corrected chi connectivity index (χ0v) is 32.5. The molecule has 1 aliphatic heterocycles. The fourth-order valence-corrected chi connectivity index (χ4v) is 10.4. The normalized spacial score (nSPS) is 13.3. The third-order valence-corrected chi connectivity index (χ3v) is 12.9. The molecule has 1 spiro atoms. The van der Waals surface area contributed by atoms with E-state index in [2.05, 4.69) is 217 Å². The first-order chi connectivity index (χ1) is 29.8. The molecule has 0 saturated heterocycles. The van der Waals surface area contributed by atoms with E-state index in [1.165, 1.54) is 55.1 Å². The molecule has 11 aromatic rings. The molecule has 0 unspecified atom stereocenters. The highest BCUT2D eigenvalue weighted by molar-refractivity contribution is 6.20. The van der Waals surface area contributed by atoms with Crippen molar-refractivity contribution in [2.45, 2.75) is 5.41 Å². The number of furan rings is 1. The minimum Gasteiger partial charge on any atom is -0.457 e. The summed E-state index contributed by atoms with van der Waals surface area (Å²) in [6.07, 6.45) is 0. The van der Waals surface area contributed by atoms with Crippen molar-refractivity contribution in [3.63, 3.8) is 0 Å². The van der Waals surface area contributed by atoms with E-state index in [4.69, 9.17) is 9.15 Å². The second kappa shape index (κ2) is 12.6. The first-order valence-electron chi connectivity index (χ1n) is 20.6. The molecule has 0 saturated carbocycles. The van der Waals surface area contributed by atoms with Crippen molar-refractivity contribution in [2.24, 2.45) is 0 Å². The molecule has 0 atom stereocenters. The highest BCUT2D eigenvalue weighted by Gasteiger charge is 2.51. The monoisotopic (exact) mass is 765 g/mol. The number of anilines is 3. The second-order valence-electron chi connectivity index (χ2n) is 15.9. The fourth-order valence-electron chi connectivity index (χ4n) is 10.4. The molecule has 0 amide bonds. The lowest BCUT2D eigenvalue weighted by atomic mass is 9.66. The van der Waals surface area contributed by atoms with Gasteiger partial charge in [-0.1, -0.05) is 158 Å². The Labute approximate surface area is 347 Å². The summed E-state index contributed by atoms with van der Waals surface area (Å²) in [5.41, 5.74) is 14.2. The Morgan fingerprint density at radius 3 is 1.78 bits per heavy atom. The predicted molar refractivity (Wildman–Crippen MR) is 246 cm³/mol. The van der Waals surface area contributed by atoms with E-state index in [0.717, 1.165) is 61.4 Å². The molecule has 60 heavy (non-hydrogen) atoms. The van der Waals surface area contributed by atoms with E-state index in [9.17, 15) is 0 Å². The maximum absolute atomic E-state index is 6.71. The lowest BCUT2D eigenvalue weighted by Gasteiger charge is -2.39. The van der Waals surface area contributed by atoms with Crippen molar-refractivity contribution in [1.82, 2.24) is 0 Å². The van der Waals surface area contributed by atoms with Crippen molar-refractivity contribution in [3.8, 4) is 33.8 Å². The van der Waals surface area contributed by atoms with Gasteiger partial charge < -0.3 is 14.1 Å². The summed E-state index contributed by atoms with van der Waals surface area (Å²) >= 11 is 0. The summed E-state index contributed by atoms with van der Waals surface area (Å²) in [6, 6.07) is 76.6. The predicted octanol–water partition coefficient (Wildman–Crippen LogP) is 15.5. The molecule has 2 aliphatic rings. The van der Waals surface area contributed by atoms with Crippen LogP contribution >= 0.6 is 0 Å². The Morgan fingerprint density at radius 1 is 0.383 bits per heavy atom. The summed E-state index contributed by atoms with van der Waals surface area (Å²) in [5, 5.41) is 6.85. The lowest BCUT2D eigenvalue weighted by molar-refractivity contribution is 0.436. The van der Waals surface area contributed by atoms with Crippen LogP contribution in [0, 0.1) is 0 Å². The molecule has 0 N–H and O–H groups in total. The molecule has 1 aliphatic carbocycles. The van der Waals surface area contributed by atoms with Gasteiger partial charge >= 0.3 is 0 Å². The fraction of sp³-hybridized carbons (Fsp3) is 0.0175. The van der Waals surface area contributed by atoms with E-state index < -0.39 is 5.41 Å². The summed E-state index contributed by atoms with van der Waals surface area (Å²) in [4.78, 5) is 2.41. The third kappa shape index (κ3) is 4.54. The SMILES string of the molecule is c1ccc2c(c1)Oc1ccccc1C21c2ccccc2-c2ccc(-c3ccc(N(c4cccc5ccccc45)c4cccc5oc6c7ccccc7ccc6c45)cc3)cc21. The van der Waals surface area contributed by atoms with Crippen LogP contribution in [0.3, 0.4) is 0 Å². The van der Waals surface area contributed by atoms with Gasteiger partial charge in [0.15, 0.2) is 0 Å². The van der Waals surface area contributed by atoms with Crippen LogP contribution < -0.4 is 9.64 Å². The van der Waals surface area contributed by atoms with Crippen molar-refractivity contribution in [1.29, 1.82) is 0 Å². The van der Waals surface area contributed by atoms with Crippen LogP contribution in [0.2, 0.25) is 0 Å². The van der Waals surface area contributed by atoms with Gasteiger partial charge in [0.1, 0.15) is 22.7 Å². The van der Waals surface area contributed by atoms with Crippen LogP contribution in [0.1, 0.15) is 22.3 Å². The molecule has 2 heterocycles. The van der Waals surface area contributed by atoms with Crippen LogP contribution in [0.25, 0.3) is 65.7 Å². The van der Waals surface area contributed by atoms with Crippen LogP contribution in [0.5, 0.6) is 11.5 Å². The van der Waals surface area contributed by atoms with Gasteiger partial charge in [0.2, 0.25) is 0 Å². The van der Waals surface area contributed by atoms with Gasteiger partial charge in [-0.2, -0.15) is 0 Å². The van der Waals surface area contributed by atoms with Gasteiger partial charge in [-0.15, -0.1) is 0 Å². The number of rotatable bonds is 4. The zero-order valence-electron chi connectivity index (χ0n) is 32.5. The molecule has 13 rings (SSSR count). The zero-order chi connectivity index (χ0) is 39.4. The number of para-hydroxylation sites is 2. The Hall–Kier alpha value is -7.88. The average molecular weight is 766 g/mol. The largest absolute Gasteiger partial charge is 0.457 e. The van der Waals surface area contributed by atoms with Gasteiger partial charge in [0.25, 0.3) is 0 Å². The van der Waals surface area contributed by atoms with Gasteiger partial charge in [-0.25, -0.2) is 0 Å². The molecular formula is C57H35NO2. The van der Waals surface area contributed by atoms with Crippen LogP contribution in [0.4, 0.5) is 17.1 Å². The Morgan fingerprint density at radius 2 is 0.983 bits per heavy atom. The smallest absolute Gasteiger partial charge is 0.143 e. The number of fused-ring (bicyclic) bond motifs is 15. The third-order valence-electron chi connectivity index (χ3n) is 12.9. The topological polar surface area (TPSA) is 25.6 Å². The first-order valence-corrected chi connectivity index (χ1v) is 20.6. The van der Waals surface area contributed by atoms with Crippen LogP contribution in [-0.4, -0.2) is 0 Å². The number of nitrogens with zero attached hydrogens (tertiary/aromatic N) is 1. The number of hydrogen-bond donors (Lipinski definition) is 0. The van der Waals surface area contributed by atoms with Crippen molar-refractivity contribution < 1.29 is 9.15 Å². The summed E-state index contributed by atoms with van der Waals surface area (Å²) in [5.74, 6) is 1.80. The summed E-state index contributed by atoms with van der Waals surface area (Å²) in [6.45, 7) is 0. The van der Waals surface area contributed by atoms with Gasteiger partial charge in [-0.3, -0.25) is 0 Å². The van der Waals surface area contributed by atoms with E-state index >= 15 is 0 Å². The van der Waals surface area contributed by atoms with E-state index in [-0.39, 0.29) is 0 Å². The number of ether oxygens (including phenoxy) is 1. The Bertz CT molecular complexity index is 3490. The van der Waals surface area contributed by atoms with Gasteiger partial charge in [-0.05, 0) is 98.8 Å². The van der Waals surface area contributed by atoms with E-state index in [1.54, 1.807) is 0 Å². The van der Waals surface area contributed by atoms with Gasteiger partial charge in [0, 0.05) is 33.0 Å². The number of hydrogen-bond acceptors (Lipinski definition) is 3. The van der Waals surface area contributed by atoms with E-state index in [1.807, 2.05) is 0 Å².